The quantitative estimate of drug-likeness (QED) is 0.942. The summed E-state index contributed by atoms with van der Waals surface area (Å²) in [5.41, 5.74) is 7.04. The van der Waals surface area contributed by atoms with E-state index >= 15 is 0 Å². The molecule has 0 aliphatic carbocycles. The Morgan fingerprint density at radius 3 is 2.20 bits per heavy atom. The van der Waals surface area contributed by atoms with Gasteiger partial charge in [0.2, 0.25) is 0 Å². The predicted molar refractivity (Wildman–Crippen MR) is 82.7 cm³/mol. The molecule has 0 aliphatic heterocycles. The van der Waals surface area contributed by atoms with E-state index in [2.05, 4.69) is 0 Å². The molecule has 20 heavy (non-hydrogen) atoms. The number of nitrogens with two attached hydrogens (primary N) is 1. The molecule has 0 unspecified atom stereocenters. The normalized spacial score (nSPS) is 13.2. The summed E-state index contributed by atoms with van der Waals surface area (Å²) in [6.07, 6.45) is 1.21. The number of benzene rings is 2. The molecule has 5 heteroatoms. The van der Waals surface area contributed by atoms with Crippen molar-refractivity contribution in [3.05, 3.63) is 54.1 Å². The molecule has 0 spiro atoms. The van der Waals surface area contributed by atoms with Crippen LogP contribution in [0, 0.1) is 0 Å². The van der Waals surface area contributed by atoms with E-state index in [9.17, 15) is 8.42 Å². The average Bonchev–Trinajstić information content (AvgIpc) is 2.38. The minimum atomic E-state index is -3.14. The van der Waals surface area contributed by atoms with Crippen molar-refractivity contribution < 1.29 is 8.42 Å². The molecule has 2 N–H and O–H groups in total. The highest BCUT2D eigenvalue weighted by Crippen LogP contribution is 2.33. The fourth-order valence-corrected chi connectivity index (χ4v) is 3.51. The second-order valence-corrected chi connectivity index (χ2v) is 7.80. The van der Waals surface area contributed by atoms with Gasteiger partial charge in [-0.3, -0.25) is 0 Å². The van der Waals surface area contributed by atoms with Crippen LogP contribution in [0.3, 0.4) is 0 Å². The van der Waals surface area contributed by atoms with Gasteiger partial charge in [-0.05, 0) is 42.8 Å². The van der Waals surface area contributed by atoms with Gasteiger partial charge < -0.3 is 5.73 Å². The highest BCUT2D eigenvalue weighted by atomic mass is 32.2. The lowest BCUT2D eigenvalue weighted by Gasteiger charge is -2.12. The third kappa shape index (κ3) is 3.62. The molecule has 0 fully saturated rings. The lowest BCUT2D eigenvalue weighted by Crippen LogP contribution is -2.05. The monoisotopic (exact) mass is 307 g/mol. The summed E-state index contributed by atoms with van der Waals surface area (Å²) in [5, 5.41) is 0. The predicted octanol–water partition coefficient (Wildman–Crippen LogP) is 3.26. The molecule has 0 aromatic heterocycles. The van der Waals surface area contributed by atoms with Crippen LogP contribution in [0.2, 0.25) is 0 Å². The molecule has 0 saturated heterocycles. The van der Waals surface area contributed by atoms with E-state index in [-0.39, 0.29) is 6.04 Å². The number of hydrogen-bond donors (Lipinski definition) is 1. The summed E-state index contributed by atoms with van der Waals surface area (Å²) in [6, 6.07) is 14.8. The van der Waals surface area contributed by atoms with Gasteiger partial charge in [0.15, 0.2) is 9.84 Å². The van der Waals surface area contributed by atoms with E-state index in [1.807, 2.05) is 43.3 Å². The molecule has 106 valence electrons. The van der Waals surface area contributed by atoms with Crippen LogP contribution in [0.4, 0.5) is 0 Å². The van der Waals surface area contributed by atoms with Crippen molar-refractivity contribution in [2.45, 2.75) is 27.7 Å². The second-order valence-electron chi connectivity index (χ2n) is 4.67. The molecule has 0 saturated carbocycles. The minimum absolute atomic E-state index is 0.0333. The average molecular weight is 307 g/mol. The molecule has 0 bridgehead atoms. The van der Waals surface area contributed by atoms with Crippen molar-refractivity contribution in [1.82, 2.24) is 0 Å². The van der Waals surface area contributed by atoms with E-state index < -0.39 is 9.84 Å². The van der Waals surface area contributed by atoms with E-state index in [0.717, 1.165) is 15.4 Å². The van der Waals surface area contributed by atoms with Gasteiger partial charge in [-0.15, -0.1) is 0 Å². The van der Waals surface area contributed by atoms with Gasteiger partial charge in [0.1, 0.15) is 0 Å². The first-order chi connectivity index (χ1) is 9.38. The molecule has 3 nitrogen and oxygen atoms in total. The maximum absolute atomic E-state index is 11.4. The Hall–Kier alpha value is -1.30. The SMILES string of the molecule is C[C@H](N)c1ccccc1Sc1ccc(S(C)(=O)=O)cc1. The summed E-state index contributed by atoms with van der Waals surface area (Å²) in [6.45, 7) is 1.95. The zero-order valence-corrected chi connectivity index (χ0v) is 13.0. The first kappa shape index (κ1) is 15.1. The molecule has 0 heterocycles. The topological polar surface area (TPSA) is 60.2 Å². The van der Waals surface area contributed by atoms with Gasteiger partial charge >= 0.3 is 0 Å². The van der Waals surface area contributed by atoms with Gasteiger partial charge in [0.05, 0.1) is 4.90 Å². The smallest absolute Gasteiger partial charge is 0.175 e. The standard InChI is InChI=1S/C15H17NO2S2/c1-11(16)14-5-3-4-6-15(14)19-12-7-9-13(10-8-12)20(2,17)18/h3-11H,16H2,1-2H3/t11-/m0/s1. The van der Waals surface area contributed by atoms with Crippen molar-refractivity contribution in [2.75, 3.05) is 6.26 Å². The molecule has 2 rings (SSSR count). The summed E-state index contributed by atoms with van der Waals surface area (Å²) >= 11 is 1.59. The van der Waals surface area contributed by atoms with Crippen LogP contribution >= 0.6 is 11.8 Å². The van der Waals surface area contributed by atoms with Crippen LogP contribution in [0.15, 0.2) is 63.2 Å². The molecule has 0 amide bonds. The Bertz CT molecular complexity index is 692. The van der Waals surface area contributed by atoms with Crippen molar-refractivity contribution in [3.8, 4) is 0 Å². The summed E-state index contributed by atoms with van der Waals surface area (Å²) < 4.78 is 22.8. The highest BCUT2D eigenvalue weighted by Gasteiger charge is 2.09. The van der Waals surface area contributed by atoms with E-state index in [1.165, 1.54) is 6.26 Å². The Balaban J connectivity index is 2.27. The molecular weight excluding hydrogens is 290 g/mol. The maximum Gasteiger partial charge on any atom is 0.175 e. The summed E-state index contributed by atoms with van der Waals surface area (Å²) in [5.74, 6) is 0. The zero-order valence-electron chi connectivity index (χ0n) is 11.4. The molecule has 2 aromatic rings. The lowest BCUT2D eigenvalue weighted by molar-refractivity contribution is 0.602. The van der Waals surface area contributed by atoms with Gasteiger partial charge in [0.25, 0.3) is 0 Å². The molecule has 0 aliphatic rings. The zero-order chi connectivity index (χ0) is 14.8. The molecular formula is C15H17NO2S2. The van der Waals surface area contributed by atoms with Gasteiger partial charge in [-0.2, -0.15) is 0 Å². The van der Waals surface area contributed by atoms with E-state index in [0.29, 0.717) is 4.90 Å². The summed E-state index contributed by atoms with van der Waals surface area (Å²) in [7, 11) is -3.14. The van der Waals surface area contributed by atoms with Crippen LogP contribution in [-0.2, 0) is 9.84 Å². The first-order valence-corrected chi connectivity index (χ1v) is 8.91. The fourth-order valence-electron chi connectivity index (χ4n) is 1.83. The Kier molecular flexibility index (Phi) is 4.52. The fraction of sp³-hybridized carbons (Fsp3) is 0.200. The minimum Gasteiger partial charge on any atom is -0.324 e. The first-order valence-electron chi connectivity index (χ1n) is 6.20. The largest absolute Gasteiger partial charge is 0.324 e. The molecule has 2 aromatic carbocycles. The highest BCUT2D eigenvalue weighted by molar-refractivity contribution is 7.99. The lowest BCUT2D eigenvalue weighted by atomic mass is 10.1. The Morgan fingerprint density at radius 2 is 1.65 bits per heavy atom. The van der Waals surface area contributed by atoms with E-state index in [1.54, 1.807) is 23.9 Å². The van der Waals surface area contributed by atoms with Gasteiger partial charge in [-0.1, -0.05) is 30.0 Å². The molecule has 1 atom stereocenters. The van der Waals surface area contributed by atoms with Crippen molar-refractivity contribution >= 4 is 21.6 Å². The van der Waals surface area contributed by atoms with Gasteiger partial charge in [0, 0.05) is 22.1 Å². The number of rotatable bonds is 4. The van der Waals surface area contributed by atoms with E-state index in [4.69, 9.17) is 5.73 Å². The van der Waals surface area contributed by atoms with Crippen molar-refractivity contribution in [2.24, 2.45) is 5.73 Å². The molecule has 0 radical (unpaired) electrons. The van der Waals surface area contributed by atoms with Crippen molar-refractivity contribution in [1.29, 1.82) is 0 Å². The number of hydrogen-bond acceptors (Lipinski definition) is 4. The Labute approximate surface area is 124 Å². The van der Waals surface area contributed by atoms with Gasteiger partial charge in [-0.25, -0.2) is 8.42 Å². The maximum atomic E-state index is 11.4. The number of sulfone groups is 1. The van der Waals surface area contributed by atoms with Crippen molar-refractivity contribution in [3.63, 3.8) is 0 Å². The van der Waals surface area contributed by atoms with Crippen LogP contribution in [0.1, 0.15) is 18.5 Å². The second kappa shape index (κ2) is 5.99. The van der Waals surface area contributed by atoms with Crippen LogP contribution in [0.5, 0.6) is 0 Å². The van der Waals surface area contributed by atoms with Crippen LogP contribution in [0.25, 0.3) is 0 Å². The summed E-state index contributed by atoms with van der Waals surface area (Å²) in [4.78, 5) is 2.42. The third-order valence-electron chi connectivity index (χ3n) is 2.89. The Morgan fingerprint density at radius 1 is 1.05 bits per heavy atom. The van der Waals surface area contributed by atoms with Crippen LogP contribution < -0.4 is 5.73 Å². The van der Waals surface area contributed by atoms with Crippen LogP contribution in [-0.4, -0.2) is 14.7 Å². The third-order valence-corrected chi connectivity index (χ3v) is 5.12.